The number of rotatable bonds is 4. The molecule has 1 amide bonds. The second-order valence-electron chi connectivity index (χ2n) is 7.74. The van der Waals surface area contributed by atoms with Gasteiger partial charge in [0.05, 0.1) is 11.9 Å². The van der Waals surface area contributed by atoms with Crippen molar-refractivity contribution < 1.29 is 4.79 Å². The summed E-state index contributed by atoms with van der Waals surface area (Å²) in [5, 5.41) is 0. The number of hydrogen-bond donors (Lipinski definition) is 0. The Morgan fingerprint density at radius 1 is 1.19 bits per heavy atom. The van der Waals surface area contributed by atoms with Gasteiger partial charge < -0.3 is 9.47 Å². The van der Waals surface area contributed by atoms with Gasteiger partial charge in [-0.25, -0.2) is 9.97 Å². The van der Waals surface area contributed by atoms with Gasteiger partial charge in [-0.05, 0) is 38.0 Å². The Bertz CT molecular complexity index is 765. The number of imidazole rings is 1. The van der Waals surface area contributed by atoms with E-state index >= 15 is 0 Å². The Balaban J connectivity index is 1.42. The highest BCUT2D eigenvalue weighted by Crippen LogP contribution is 2.29. The third-order valence-electron chi connectivity index (χ3n) is 5.77. The zero-order valence-corrected chi connectivity index (χ0v) is 15.5. The average Bonchev–Trinajstić information content (AvgIpc) is 3.33. The number of amides is 1. The topological polar surface area (TPSA) is 63.9 Å². The van der Waals surface area contributed by atoms with E-state index in [1.54, 1.807) is 12.4 Å². The van der Waals surface area contributed by atoms with Crippen molar-refractivity contribution in [3.63, 3.8) is 0 Å². The number of aryl methyl sites for hydroxylation is 1. The Kier molecular flexibility index (Phi) is 5.00. The van der Waals surface area contributed by atoms with Crippen LogP contribution in [0.1, 0.15) is 44.2 Å². The lowest BCUT2D eigenvalue weighted by atomic mass is 9.92. The molecule has 0 aromatic carbocycles. The fraction of sp³-hybridized carbons (Fsp3) is 0.600. The first-order chi connectivity index (χ1) is 12.7. The summed E-state index contributed by atoms with van der Waals surface area (Å²) in [6, 6.07) is 0. The smallest absolute Gasteiger partial charge is 0.225 e. The lowest BCUT2D eigenvalue weighted by Crippen LogP contribution is -2.43. The molecule has 6 heteroatoms. The molecule has 0 bridgehead atoms. The van der Waals surface area contributed by atoms with Gasteiger partial charge in [-0.15, -0.1) is 0 Å². The number of nitrogens with zero attached hydrogens (tertiary/aromatic N) is 5. The summed E-state index contributed by atoms with van der Waals surface area (Å²) in [5.41, 5.74) is 1.80. The van der Waals surface area contributed by atoms with Crippen molar-refractivity contribution in [1.29, 1.82) is 0 Å². The number of piperidine rings is 1. The van der Waals surface area contributed by atoms with Gasteiger partial charge >= 0.3 is 0 Å². The number of carbonyl (C=O) groups excluding carboxylic acids is 1. The highest BCUT2D eigenvalue weighted by atomic mass is 16.2. The molecule has 0 spiro atoms. The quantitative estimate of drug-likeness (QED) is 0.848. The molecule has 26 heavy (non-hydrogen) atoms. The van der Waals surface area contributed by atoms with Crippen LogP contribution >= 0.6 is 0 Å². The van der Waals surface area contributed by atoms with Crippen LogP contribution in [0.2, 0.25) is 0 Å². The van der Waals surface area contributed by atoms with E-state index in [1.165, 1.54) is 12.8 Å². The van der Waals surface area contributed by atoms with E-state index in [1.807, 2.05) is 24.0 Å². The van der Waals surface area contributed by atoms with Crippen LogP contribution in [0.15, 0.2) is 24.8 Å². The number of aromatic nitrogens is 4. The molecular formula is C20H27N5O. The molecule has 2 aromatic heterocycles. The van der Waals surface area contributed by atoms with E-state index in [2.05, 4.69) is 14.9 Å². The summed E-state index contributed by atoms with van der Waals surface area (Å²) in [6.45, 7) is 1.79. The molecule has 2 aromatic rings. The predicted molar refractivity (Wildman–Crippen MR) is 99.2 cm³/mol. The molecule has 1 aliphatic carbocycles. The molecule has 4 rings (SSSR count). The minimum Gasteiger partial charge on any atom is -0.342 e. The normalized spacial score (nSPS) is 21.3. The van der Waals surface area contributed by atoms with Gasteiger partial charge in [0.15, 0.2) is 5.82 Å². The van der Waals surface area contributed by atoms with Gasteiger partial charge in [-0.3, -0.25) is 9.78 Å². The Labute approximate surface area is 154 Å². The molecule has 2 fully saturated rings. The lowest BCUT2D eigenvalue weighted by Gasteiger charge is -2.34. The van der Waals surface area contributed by atoms with E-state index < -0.39 is 0 Å². The van der Waals surface area contributed by atoms with Crippen LogP contribution in [0.25, 0.3) is 11.5 Å². The maximum Gasteiger partial charge on any atom is 0.225 e. The molecule has 0 N–H and O–H groups in total. The van der Waals surface area contributed by atoms with Crippen molar-refractivity contribution in [1.82, 2.24) is 24.4 Å². The third-order valence-corrected chi connectivity index (χ3v) is 5.77. The first kappa shape index (κ1) is 17.2. The van der Waals surface area contributed by atoms with Crippen LogP contribution in [0, 0.1) is 11.8 Å². The van der Waals surface area contributed by atoms with Gasteiger partial charge in [0.1, 0.15) is 5.69 Å². The minimum atomic E-state index is 0.278. The number of likely N-dealkylation sites (tertiary alicyclic amines) is 1. The zero-order valence-electron chi connectivity index (χ0n) is 15.5. The van der Waals surface area contributed by atoms with Gasteiger partial charge in [0, 0.05) is 44.6 Å². The lowest BCUT2D eigenvalue weighted by molar-refractivity contribution is -0.137. The van der Waals surface area contributed by atoms with Crippen molar-refractivity contribution in [3.05, 3.63) is 30.5 Å². The van der Waals surface area contributed by atoms with E-state index in [0.717, 1.165) is 62.4 Å². The van der Waals surface area contributed by atoms with Crippen LogP contribution in [0.3, 0.4) is 0 Å². The predicted octanol–water partition coefficient (Wildman–Crippen LogP) is 2.85. The maximum atomic E-state index is 12.7. The SMILES string of the molecule is Cn1ccnc1-c1cncc(C[C@H]2CCCN(C(=O)C3CCCC3)C2)n1. The Morgan fingerprint density at radius 2 is 2.04 bits per heavy atom. The largest absolute Gasteiger partial charge is 0.342 e. The molecule has 1 aliphatic heterocycles. The van der Waals surface area contributed by atoms with Gasteiger partial charge in [0.2, 0.25) is 5.91 Å². The third kappa shape index (κ3) is 3.64. The van der Waals surface area contributed by atoms with Crippen LogP contribution in [0.4, 0.5) is 0 Å². The second kappa shape index (κ2) is 7.56. The highest BCUT2D eigenvalue weighted by molar-refractivity contribution is 5.79. The highest BCUT2D eigenvalue weighted by Gasteiger charge is 2.30. The van der Waals surface area contributed by atoms with Crippen LogP contribution in [-0.4, -0.2) is 43.4 Å². The molecule has 0 unspecified atom stereocenters. The van der Waals surface area contributed by atoms with Crippen LogP contribution < -0.4 is 0 Å². The van der Waals surface area contributed by atoms with E-state index in [-0.39, 0.29) is 5.92 Å². The molecule has 0 radical (unpaired) electrons. The number of hydrogen-bond acceptors (Lipinski definition) is 4. The van der Waals surface area contributed by atoms with Crippen molar-refractivity contribution in [2.75, 3.05) is 13.1 Å². The standard InChI is InChI=1S/C20H27N5O/c1-24-10-8-22-19(24)18-13-21-12-17(23-18)11-15-5-4-9-25(14-15)20(26)16-6-2-3-7-16/h8,10,12-13,15-16H,2-7,9,11,14H2,1H3/t15-/m1/s1. The Morgan fingerprint density at radius 3 is 2.81 bits per heavy atom. The van der Waals surface area contributed by atoms with Crippen molar-refractivity contribution >= 4 is 5.91 Å². The monoisotopic (exact) mass is 353 g/mol. The average molecular weight is 353 g/mol. The molecule has 1 atom stereocenters. The molecular weight excluding hydrogens is 326 g/mol. The summed E-state index contributed by atoms with van der Waals surface area (Å²) >= 11 is 0. The van der Waals surface area contributed by atoms with Gasteiger partial charge in [-0.2, -0.15) is 0 Å². The van der Waals surface area contributed by atoms with Crippen LogP contribution in [0.5, 0.6) is 0 Å². The van der Waals surface area contributed by atoms with Crippen molar-refractivity contribution in [2.45, 2.75) is 44.9 Å². The molecule has 3 heterocycles. The van der Waals surface area contributed by atoms with Crippen molar-refractivity contribution in [3.8, 4) is 11.5 Å². The Hall–Kier alpha value is -2.24. The fourth-order valence-corrected chi connectivity index (χ4v) is 4.38. The van der Waals surface area contributed by atoms with E-state index in [9.17, 15) is 4.79 Å². The molecule has 1 saturated carbocycles. The first-order valence-electron chi connectivity index (χ1n) is 9.78. The summed E-state index contributed by atoms with van der Waals surface area (Å²) in [6.07, 6.45) is 15.0. The summed E-state index contributed by atoms with van der Waals surface area (Å²) in [5.74, 6) is 1.97. The molecule has 138 valence electrons. The first-order valence-corrected chi connectivity index (χ1v) is 9.78. The molecule has 1 saturated heterocycles. The van der Waals surface area contributed by atoms with Gasteiger partial charge in [0.25, 0.3) is 0 Å². The van der Waals surface area contributed by atoms with Crippen molar-refractivity contribution in [2.24, 2.45) is 18.9 Å². The van der Waals surface area contributed by atoms with Gasteiger partial charge in [-0.1, -0.05) is 12.8 Å². The summed E-state index contributed by atoms with van der Waals surface area (Å²) in [7, 11) is 1.96. The summed E-state index contributed by atoms with van der Waals surface area (Å²) in [4.78, 5) is 28.3. The fourth-order valence-electron chi connectivity index (χ4n) is 4.38. The van der Waals surface area contributed by atoms with E-state index in [4.69, 9.17) is 4.98 Å². The zero-order chi connectivity index (χ0) is 17.9. The second-order valence-corrected chi connectivity index (χ2v) is 7.74. The molecule has 2 aliphatic rings. The summed E-state index contributed by atoms with van der Waals surface area (Å²) < 4.78 is 1.95. The minimum absolute atomic E-state index is 0.278. The number of carbonyl (C=O) groups is 1. The molecule has 6 nitrogen and oxygen atoms in total. The van der Waals surface area contributed by atoms with Crippen LogP contribution in [-0.2, 0) is 18.3 Å². The van der Waals surface area contributed by atoms with E-state index in [0.29, 0.717) is 11.8 Å². The maximum absolute atomic E-state index is 12.7.